The molecule has 0 saturated heterocycles. The molecule has 14 heteroatoms. The van der Waals surface area contributed by atoms with Crippen LogP contribution in [0.5, 0.6) is 0 Å². The predicted molar refractivity (Wildman–Crippen MR) is 302 cm³/mol. The van der Waals surface area contributed by atoms with Crippen LogP contribution in [0.3, 0.4) is 0 Å². The molecule has 0 spiro atoms. The van der Waals surface area contributed by atoms with E-state index in [0.29, 0.717) is 39.1 Å². The molecule has 0 atom stereocenters. The highest BCUT2D eigenvalue weighted by molar-refractivity contribution is 6.57. The monoisotopic (exact) mass is 1060 g/mol. The molecule has 0 aliphatic carbocycles. The number of carbonyl (C=O) groups excluding carboxylic acids is 3. The van der Waals surface area contributed by atoms with Crippen LogP contribution in [0, 0.1) is 0 Å². The number of anilines is 6. The van der Waals surface area contributed by atoms with Crippen molar-refractivity contribution in [2.75, 3.05) is 14.7 Å². The number of fused-ring (bicyclic) bond motifs is 3. The van der Waals surface area contributed by atoms with E-state index in [1.807, 2.05) is 176 Å². The Hall–Kier alpha value is -9.59. The summed E-state index contributed by atoms with van der Waals surface area (Å²) >= 11 is 6.03. The second kappa shape index (κ2) is 21.9. The van der Waals surface area contributed by atoms with Crippen molar-refractivity contribution in [1.82, 2.24) is 0 Å². The molecule has 9 aromatic rings. The van der Waals surface area contributed by atoms with Gasteiger partial charge in [0, 0.05) is 63.7 Å². The second-order valence-corrected chi connectivity index (χ2v) is 18.7. The smallest absolute Gasteiger partial charge is 0.275 e. The first-order chi connectivity index (χ1) is 37.6. The van der Waals surface area contributed by atoms with Crippen molar-refractivity contribution >= 4 is 97.6 Å². The lowest BCUT2D eigenvalue weighted by Crippen LogP contribution is -2.25. The van der Waals surface area contributed by atoms with Gasteiger partial charge in [-0.25, -0.2) is 32.5 Å². The quantitative estimate of drug-likeness (QED) is 0.142. The van der Waals surface area contributed by atoms with Crippen LogP contribution in [0.4, 0.5) is 68.7 Å². The Morgan fingerprint density at radius 1 is 0.346 bits per heavy atom. The predicted octanol–water partition coefficient (Wildman–Crippen LogP) is 16.3. The number of alkyl halides is 4. The number of benzene rings is 9. The Bertz CT molecular complexity index is 3810. The van der Waals surface area contributed by atoms with E-state index in [-0.39, 0.29) is 34.6 Å². The van der Waals surface area contributed by atoms with Gasteiger partial charge in [-0.1, -0.05) is 151 Å². The largest absolute Gasteiger partial charge is 0.282 e. The minimum absolute atomic E-state index is 0.0875. The van der Waals surface area contributed by atoms with Gasteiger partial charge in [0.1, 0.15) is 17.1 Å². The topological polar surface area (TPSA) is 98.0 Å². The summed E-state index contributed by atoms with van der Waals surface area (Å²) in [6.07, 6.45) is 0. The maximum Gasteiger partial charge on any atom is 0.282 e. The van der Waals surface area contributed by atoms with Gasteiger partial charge in [0.25, 0.3) is 29.6 Å². The van der Waals surface area contributed by atoms with Gasteiger partial charge in [-0.3, -0.25) is 29.1 Å². The van der Waals surface area contributed by atoms with Crippen molar-refractivity contribution in [2.24, 2.45) is 15.0 Å². The van der Waals surface area contributed by atoms with Crippen LogP contribution in [0.2, 0.25) is 5.02 Å². The number of amides is 3. The summed E-state index contributed by atoms with van der Waals surface area (Å²) in [6, 6.07) is 69.3. The molecule has 0 radical (unpaired) electrons. The molecule has 3 heterocycles. The van der Waals surface area contributed by atoms with Crippen LogP contribution < -0.4 is 14.7 Å². The number of carbonyl (C=O) groups is 3. The number of hydrogen-bond donors (Lipinski definition) is 0. The molecule has 0 saturated carbocycles. The zero-order chi connectivity index (χ0) is 54.6. The molecule has 384 valence electrons. The van der Waals surface area contributed by atoms with Gasteiger partial charge in [-0.2, -0.15) is 0 Å². The van der Waals surface area contributed by atoms with Crippen LogP contribution in [-0.2, 0) is 26.2 Å². The van der Waals surface area contributed by atoms with Crippen molar-refractivity contribution in [3.05, 3.63) is 269 Å². The first kappa shape index (κ1) is 51.9. The molecule has 3 aliphatic heterocycles. The van der Waals surface area contributed by atoms with Gasteiger partial charge in [0.05, 0.1) is 34.1 Å². The zero-order valence-electron chi connectivity index (χ0n) is 41.8. The van der Waals surface area contributed by atoms with Crippen LogP contribution >= 0.6 is 11.6 Å². The number of halogens is 5. The summed E-state index contributed by atoms with van der Waals surface area (Å²) in [5, 5.41) is 0.593. The fourth-order valence-corrected chi connectivity index (χ4v) is 9.22. The highest BCUT2D eigenvalue weighted by atomic mass is 35.5. The Kier molecular flexibility index (Phi) is 14.6. The van der Waals surface area contributed by atoms with E-state index in [1.54, 1.807) is 32.9 Å². The normalized spacial score (nSPS) is 15.2. The third-order valence-electron chi connectivity index (χ3n) is 12.7. The third-order valence-corrected chi connectivity index (χ3v) is 13.0. The molecule has 0 unspecified atom stereocenters. The first-order valence-electron chi connectivity index (χ1n) is 24.6. The highest BCUT2D eigenvalue weighted by Gasteiger charge is 2.37. The average molecular weight is 1060 g/mol. The van der Waals surface area contributed by atoms with Gasteiger partial charge in [-0.05, 0) is 97.1 Å². The fraction of sp³-hybridized carbons (Fsp3) is 0.0625. The molecule has 0 N–H and O–H groups in total. The van der Waals surface area contributed by atoms with Crippen molar-refractivity contribution in [1.29, 1.82) is 0 Å². The van der Waals surface area contributed by atoms with Crippen molar-refractivity contribution < 1.29 is 31.9 Å². The molecule has 0 bridgehead atoms. The molecule has 0 fully saturated rings. The summed E-state index contributed by atoms with van der Waals surface area (Å²) in [7, 11) is 0. The molecule has 3 amide bonds. The molecule has 0 aromatic heterocycles. The van der Waals surface area contributed by atoms with Gasteiger partial charge in [-0.15, -0.1) is 0 Å². The van der Waals surface area contributed by atoms with E-state index in [9.17, 15) is 31.9 Å². The standard InChI is InChI=1S/2C22H16F2N2O.C20H13ClN2O/c1-22(23,24)15-8-7-9-16(14-15)25-20-18-12-5-6-13-19(18)26(21(20)27)17-10-3-2-4-11-17;1-22(23,24)15-11-13-16(14-12-15)25-20-18-9-5-6-10-19(18)26(21(20)27)17-7-3-2-4-8-17;21-14-7-6-8-15(13-14)22-19-17-11-4-5-12-18(17)23(20(19)24)16-9-2-1-3-10-16/h2*2-14H,1H3;1-13H. The van der Waals surface area contributed by atoms with E-state index in [2.05, 4.69) is 15.0 Å². The van der Waals surface area contributed by atoms with Crippen molar-refractivity contribution in [3.63, 3.8) is 0 Å². The summed E-state index contributed by atoms with van der Waals surface area (Å²) in [5.74, 6) is -6.54. The van der Waals surface area contributed by atoms with Crippen molar-refractivity contribution in [3.8, 4) is 0 Å². The Morgan fingerprint density at radius 3 is 1.05 bits per heavy atom. The van der Waals surface area contributed by atoms with Gasteiger partial charge >= 0.3 is 0 Å². The van der Waals surface area contributed by atoms with E-state index in [0.717, 1.165) is 59.1 Å². The molecule has 78 heavy (non-hydrogen) atoms. The van der Waals surface area contributed by atoms with Crippen LogP contribution in [0.25, 0.3) is 0 Å². The van der Waals surface area contributed by atoms with Crippen molar-refractivity contribution in [2.45, 2.75) is 25.7 Å². The van der Waals surface area contributed by atoms with E-state index >= 15 is 0 Å². The molecule has 3 aliphatic rings. The second-order valence-electron chi connectivity index (χ2n) is 18.2. The molecular formula is C64H45ClF4N6O3. The van der Waals surface area contributed by atoms with Gasteiger partial charge < -0.3 is 0 Å². The highest BCUT2D eigenvalue weighted by Crippen LogP contribution is 2.40. The lowest BCUT2D eigenvalue weighted by molar-refractivity contribution is -0.112. The zero-order valence-corrected chi connectivity index (χ0v) is 42.6. The van der Waals surface area contributed by atoms with Crippen LogP contribution in [-0.4, -0.2) is 34.9 Å². The number of aliphatic imine (C=N–C) groups is 3. The molecule has 9 nitrogen and oxygen atoms in total. The average Bonchev–Trinajstić information content (AvgIpc) is 4.22. The Morgan fingerprint density at radius 2 is 0.679 bits per heavy atom. The third kappa shape index (κ3) is 10.9. The summed E-state index contributed by atoms with van der Waals surface area (Å²) in [6.45, 7) is 1.69. The number of para-hydroxylation sites is 6. The Labute approximate surface area is 452 Å². The SMILES string of the molecule is CC(F)(F)c1ccc(N=C2C(=O)N(c3ccccc3)c3ccccc32)cc1.CC(F)(F)c1cccc(N=C2C(=O)N(c3ccccc3)c3ccccc32)c1.O=C1C(=Nc2cccc(Cl)c2)c2ccccc2N1c1ccccc1. The van der Waals surface area contributed by atoms with Gasteiger partial charge in [0.15, 0.2) is 0 Å². The Balaban J connectivity index is 0.000000133. The maximum atomic E-state index is 13.6. The van der Waals surface area contributed by atoms with Crippen LogP contribution in [0.1, 0.15) is 41.7 Å². The minimum Gasteiger partial charge on any atom is -0.275 e. The maximum absolute atomic E-state index is 13.6. The van der Waals surface area contributed by atoms with Crippen LogP contribution in [0.15, 0.2) is 252 Å². The molecule has 12 rings (SSSR count). The first-order valence-corrected chi connectivity index (χ1v) is 25.0. The van der Waals surface area contributed by atoms with Gasteiger partial charge in [0.2, 0.25) is 0 Å². The number of nitrogens with zero attached hydrogens (tertiary/aromatic N) is 6. The van der Waals surface area contributed by atoms with E-state index in [1.165, 1.54) is 42.5 Å². The minimum atomic E-state index is -2.97. The summed E-state index contributed by atoms with van der Waals surface area (Å²) in [4.78, 5) is 57.5. The summed E-state index contributed by atoms with van der Waals surface area (Å²) < 4.78 is 54.0. The lowest BCUT2D eigenvalue weighted by atomic mass is 10.1. The molecular weight excluding hydrogens is 1010 g/mol. The number of hydrogen-bond acceptors (Lipinski definition) is 6. The van der Waals surface area contributed by atoms with E-state index in [4.69, 9.17) is 11.6 Å². The lowest BCUT2D eigenvalue weighted by Gasteiger charge is -2.16. The molecule has 9 aromatic carbocycles. The summed E-state index contributed by atoms with van der Waals surface area (Å²) in [5.41, 5.74) is 9.03. The fourth-order valence-electron chi connectivity index (χ4n) is 9.03. The number of rotatable bonds is 8. The van der Waals surface area contributed by atoms with E-state index < -0.39 is 11.8 Å².